The molecule has 0 saturated carbocycles. The summed E-state index contributed by atoms with van der Waals surface area (Å²) < 4.78 is 5.47. The summed E-state index contributed by atoms with van der Waals surface area (Å²) in [5.41, 5.74) is 0.248. The molecule has 4 nitrogen and oxygen atoms in total. The Labute approximate surface area is 97.9 Å². The monoisotopic (exact) mass is 227 g/mol. The summed E-state index contributed by atoms with van der Waals surface area (Å²) in [5.74, 6) is 1.02. The molecule has 4 heteroatoms. The Morgan fingerprint density at radius 2 is 1.59 bits per heavy atom. The molecule has 0 radical (unpaired) electrons. The van der Waals surface area contributed by atoms with E-state index in [4.69, 9.17) is 15.1 Å². The Morgan fingerprint density at radius 3 is 2.24 bits per heavy atom. The minimum absolute atomic E-state index is 0.0135. The minimum atomic E-state index is 0.0135. The second-order valence-corrected chi connectivity index (χ2v) is 3.39. The molecule has 0 aliphatic rings. The van der Waals surface area contributed by atoms with Gasteiger partial charge in [0.1, 0.15) is 29.1 Å². The van der Waals surface area contributed by atoms with Crippen LogP contribution in [-0.4, -0.2) is 10.2 Å². The first-order chi connectivity index (χ1) is 8.19. The highest BCUT2D eigenvalue weighted by Crippen LogP contribution is 2.28. The van der Waals surface area contributed by atoms with Crippen molar-refractivity contribution in [3.8, 4) is 29.1 Å². The van der Waals surface area contributed by atoms with Gasteiger partial charge in [0.25, 0.3) is 0 Å². The van der Waals surface area contributed by atoms with Crippen LogP contribution in [0.3, 0.4) is 0 Å². The first kappa shape index (κ1) is 10.8. The van der Waals surface area contributed by atoms with E-state index in [0.29, 0.717) is 11.5 Å². The molecule has 0 aliphatic carbocycles. The van der Waals surface area contributed by atoms with Crippen LogP contribution >= 0.6 is 0 Å². The van der Waals surface area contributed by atoms with Crippen molar-refractivity contribution >= 4 is 0 Å². The van der Waals surface area contributed by atoms with Gasteiger partial charge in [-0.15, -0.1) is 0 Å². The van der Waals surface area contributed by atoms with E-state index in [1.165, 1.54) is 30.3 Å². The van der Waals surface area contributed by atoms with Crippen LogP contribution in [0.15, 0.2) is 42.5 Å². The van der Waals surface area contributed by atoms with E-state index in [2.05, 4.69) is 0 Å². The summed E-state index contributed by atoms with van der Waals surface area (Å²) in [7, 11) is 0. The number of benzene rings is 2. The maximum absolute atomic E-state index is 9.23. The van der Waals surface area contributed by atoms with Crippen LogP contribution in [0.1, 0.15) is 5.56 Å². The van der Waals surface area contributed by atoms with Gasteiger partial charge in [-0.05, 0) is 36.4 Å². The van der Waals surface area contributed by atoms with E-state index in [9.17, 15) is 5.11 Å². The largest absolute Gasteiger partial charge is 0.508 e. The number of nitriles is 1. The van der Waals surface area contributed by atoms with Crippen molar-refractivity contribution in [3.05, 3.63) is 48.0 Å². The zero-order valence-electron chi connectivity index (χ0n) is 8.79. The summed E-state index contributed by atoms with van der Waals surface area (Å²) in [6, 6.07) is 12.4. The Morgan fingerprint density at radius 1 is 0.941 bits per heavy atom. The van der Waals surface area contributed by atoms with E-state index >= 15 is 0 Å². The van der Waals surface area contributed by atoms with E-state index in [-0.39, 0.29) is 17.1 Å². The first-order valence-electron chi connectivity index (χ1n) is 4.89. The van der Waals surface area contributed by atoms with Crippen LogP contribution in [-0.2, 0) is 0 Å². The normalized spacial score (nSPS) is 9.59. The first-order valence-corrected chi connectivity index (χ1v) is 4.89. The van der Waals surface area contributed by atoms with Gasteiger partial charge >= 0.3 is 0 Å². The summed E-state index contributed by atoms with van der Waals surface area (Å²) in [6.45, 7) is 0. The number of aromatic hydroxyl groups is 2. The van der Waals surface area contributed by atoms with Crippen LogP contribution in [0.25, 0.3) is 0 Å². The molecule has 0 bridgehead atoms. The second kappa shape index (κ2) is 4.45. The quantitative estimate of drug-likeness (QED) is 0.827. The highest BCUT2D eigenvalue weighted by atomic mass is 16.5. The number of phenolic OH excluding ortho intramolecular Hbond substituents is 2. The maximum Gasteiger partial charge on any atom is 0.145 e. The molecule has 0 aromatic heterocycles. The number of rotatable bonds is 2. The summed E-state index contributed by atoms with van der Waals surface area (Å²) >= 11 is 0. The Kier molecular flexibility index (Phi) is 2.84. The van der Waals surface area contributed by atoms with Gasteiger partial charge in [0.05, 0.1) is 5.56 Å². The van der Waals surface area contributed by atoms with Gasteiger partial charge in [-0.1, -0.05) is 0 Å². The number of hydrogen-bond acceptors (Lipinski definition) is 4. The van der Waals surface area contributed by atoms with Crippen LogP contribution in [0.4, 0.5) is 0 Å². The van der Waals surface area contributed by atoms with Crippen molar-refractivity contribution in [2.75, 3.05) is 0 Å². The summed E-state index contributed by atoms with van der Waals surface area (Å²) in [4.78, 5) is 0. The number of nitrogens with zero attached hydrogens (tertiary/aromatic N) is 1. The molecule has 0 unspecified atom stereocenters. The third-order valence-electron chi connectivity index (χ3n) is 2.15. The lowest BCUT2D eigenvalue weighted by Crippen LogP contribution is -1.87. The second-order valence-electron chi connectivity index (χ2n) is 3.39. The molecule has 2 aromatic carbocycles. The summed E-state index contributed by atoms with van der Waals surface area (Å²) in [5, 5.41) is 27.2. The van der Waals surface area contributed by atoms with Gasteiger partial charge in [-0.2, -0.15) is 5.26 Å². The van der Waals surface area contributed by atoms with Gasteiger partial charge in [0.15, 0.2) is 0 Å². The topological polar surface area (TPSA) is 73.5 Å². The number of phenols is 2. The van der Waals surface area contributed by atoms with Crippen LogP contribution < -0.4 is 4.74 Å². The smallest absolute Gasteiger partial charge is 0.145 e. The van der Waals surface area contributed by atoms with Crippen molar-refractivity contribution < 1.29 is 14.9 Å². The van der Waals surface area contributed by atoms with Gasteiger partial charge < -0.3 is 14.9 Å². The Balaban J connectivity index is 2.30. The fourth-order valence-corrected chi connectivity index (χ4v) is 1.34. The predicted molar refractivity (Wildman–Crippen MR) is 61.0 cm³/mol. The average Bonchev–Trinajstić information content (AvgIpc) is 2.34. The van der Waals surface area contributed by atoms with E-state index in [1.54, 1.807) is 12.1 Å². The molecule has 0 amide bonds. The Hall–Kier alpha value is -2.67. The van der Waals surface area contributed by atoms with Gasteiger partial charge in [0, 0.05) is 6.07 Å². The fourth-order valence-electron chi connectivity index (χ4n) is 1.34. The molecule has 0 aliphatic heterocycles. The van der Waals surface area contributed by atoms with Crippen molar-refractivity contribution in [3.63, 3.8) is 0 Å². The standard InChI is InChI=1S/C13H9NO3/c14-8-9-7-11(16)3-6-13(9)17-12-4-1-10(15)2-5-12/h1-7,15-16H. The predicted octanol–water partition coefficient (Wildman–Crippen LogP) is 2.76. The lowest BCUT2D eigenvalue weighted by atomic mass is 10.2. The van der Waals surface area contributed by atoms with Crippen LogP contribution in [0, 0.1) is 11.3 Å². The number of hydrogen-bond donors (Lipinski definition) is 2. The molecule has 84 valence electrons. The van der Waals surface area contributed by atoms with Crippen LogP contribution in [0.5, 0.6) is 23.0 Å². The minimum Gasteiger partial charge on any atom is -0.508 e. The third kappa shape index (κ3) is 2.47. The summed E-state index contributed by atoms with van der Waals surface area (Å²) in [6.07, 6.45) is 0. The van der Waals surface area contributed by atoms with Crippen molar-refractivity contribution in [1.29, 1.82) is 5.26 Å². The molecule has 0 spiro atoms. The molecule has 0 fully saturated rings. The van der Waals surface area contributed by atoms with Crippen molar-refractivity contribution in [2.45, 2.75) is 0 Å². The van der Waals surface area contributed by atoms with Gasteiger partial charge in [0.2, 0.25) is 0 Å². The molecule has 0 heterocycles. The van der Waals surface area contributed by atoms with E-state index in [0.717, 1.165) is 0 Å². The number of ether oxygens (including phenoxy) is 1. The fraction of sp³-hybridized carbons (Fsp3) is 0. The van der Waals surface area contributed by atoms with Crippen molar-refractivity contribution in [2.24, 2.45) is 0 Å². The zero-order valence-corrected chi connectivity index (χ0v) is 8.79. The van der Waals surface area contributed by atoms with E-state index in [1.807, 2.05) is 6.07 Å². The third-order valence-corrected chi connectivity index (χ3v) is 2.15. The molecule has 17 heavy (non-hydrogen) atoms. The highest BCUT2D eigenvalue weighted by molar-refractivity contribution is 5.49. The molecule has 0 atom stereocenters. The lowest BCUT2D eigenvalue weighted by Gasteiger charge is -2.07. The van der Waals surface area contributed by atoms with Crippen LogP contribution in [0.2, 0.25) is 0 Å². The molecule has 2 N–H and O–H groups in total. The van der Waals surface area contributed by atoms with Gasteiger partial charge in [-0.25, -0.2) is 0 Å². The lowest BCUT2D eigenvalue weighted by molar-refractivity contribution is 0.458. The molecule has 0 saturated heterocycles. The SMILES string of the molecule is N#Cc1cc(O)ccc1Oc1ccc(O)cc1. The van der Waals surface area contributed by atoms with Gasteiger partial charge in [-0.3, -0.25) is 0 Å². The molecule has 2 rings (SSSR count). The van der Waals surface area contributed by atoms with Crippen molar-refractivity contribution in [1.82, 2.24) is 0 Å². The molecule has 2 aromatic rings. The highest BCUT2D eigenvalue weighted by Gasteiger charge is 2.05. The van der Waals surface area contributed by atoms with E-state index < -0.39 is 0 Å². The zero-order chi connectivity index (χ0) is 12.3. The Bertz CT molecular complexity index is 570. The average molecular weight is 227 g/mol. The molecular weight excluding hydrogens is 218 g/mol. The molecular formula is C13H9NO3. The maximum atomic E-state index is 9.23.